The molecule has 16 heavy (non-hydrogen) atoms. The molecule has 1 fully saturated rings. The minimum atomic E-state index is -0.209. The summed E-state index contributed by atoms with van der Waals surface area (Å²) in [7, 11) is 0. The molecule has 0 saturated carbocycles. The Morgan fingerprint density at radius 1 is 0.750 bits per heavy atom. The van der Waals surface area contributed by atoms with Crippen LogP contribution in [0, 0.1) is 0 Å². The Morgan fingerprint density at radius 3 is 2.00 bits per heavy atom. The largest absolute Gasteiger partial charge is 0.348 e. The van der Waals surface area contributed by atoms with Crippen molar-refractivity contribution in [2.45, 2.75) is 77.4 Å². The molecule has 0 aliphatic carbocycles. The van der Waals surface area contributed by atoms with E-state index in [9.17, 15) is 0 Å². The van der Waals surface area contributed by atoms with Crippen LogP contribution in [-0.4, -0.2) is 19.0 Å². The molecule has 0 unspecified atom stereocenters. The minimum absolute atomic E-state index is 0.209. The Hall–Kier alpha value is -0.0800. The molecule has 96 valence electrons. The van der Waals surface area contributed by atoms with Gasteiger partial charge >= 0.3 is 0 Å². The number of rotatable bonds is 9. The molecule has 1 rings (SSSR count). The van der Waals surface area contributed by atoms with E-state index in [-0.39, 0.29) is 5.79 Å². The summed E-state index contributed by atoms with van der Waals surface area (Å²) in [4.78, 5) is 0. The van der Waals surface area contributed by atoms with Crippen LogP contribution in [0.1, 0.15) is 71.6 Å². The van der Waals surface area contributed by atoms with Gasteiger partial charge in [0.25, 0.3) is 0 Å². The summed E-state index contributed by atoms with van der Waals surface area (Å²) in [6, 6.07) is 0. The molecule has 1 aliphatic rings. The zero-order valence-electron chi connectivity index (χ0n) is 11.1. The van der Waals surface area contributed by atoms with Crippen molar-refractivity contribution in [3.05, 3.63) is 0 Å². The number of hydrogen-bond acceptors (Lipinski definition) is 2. The van der Waals surface area contributed by atoms with Gasteiger partial charge in [-0.2, -0.15) is 0 Å². The van der Waals surface area contributed by atoms with Crippen molar-refractivity contribution in [3.63, 3.8) is 0 Å². The summed E-state index contributed by atoms with van der Waals surface area (Å²) in [6.45, 7) is 6.04. The first-order valence-corrected chi connectivity index (χ1v) is 7.11. The van der Waals surface area contributed by atoms with E-state index in [0.29, 0.717) is 0 Å². The van der Waals surface area contributed by atoms with Crippen LogP contribution in [0.4, 0.5) is 0 Å². The van der Waals surface area contributed by atoms with Crippen LogP contribution in [0.15, 0.2) is 0 Å². The van der Waals surface area contributed by atoms with Crippen LogP contribution in [0.25, 0.3) is 0 Å². The first-order valence-electron chi connectivity index (χ1n) is 7.11. The Kier molecular flexibility index (Phi) is 7.06. The van der Waals surface area contributed by atoms with Gasteiger partial charge < -0.3 is 9.47 Å². The third kappa shape index (κ3) is 4.84. The van der Waals surface area contributed by atoms with Gasteiger partial charge in [-0.15, -0.1) is 0 Å². The lowest BCUT2D eigenvalue weighted by Crippen LogP contribution is -2.29. The molecule has 2 nitrogen and oxygen atoms in total. The lowest BCUT2D eigenvalue weighted by Gasteiger charge is -2.26. The van der Waals surface area contributed by atoms with Crippen molar-refractivity contribution in [3.8, 4) is 0 Å². The number of hydrogen-bond donors (Lipinski definition) is 0. The molecule has 0 amide bonds. The fourth-order valence-corrected chi connectivity index (χ4v) is 2.47. The average molecular weight is 228 g/mol. The summed E-state index contributed by atoms with van der Waals surface area (Å²) < 4.78 is 11.6. The molecule has 0 radical (unpaired) electrons. The molecule has 0 aromatic heterocycles. The van der Waals surface area contributed by atoms with Crippen LogP contribution in [0.5, 0.6) is 0 Å². The Balaban J connectivity index is 2.08. The van der Waals surface area contributed by atoms with Crippen LogP contribution in [-0.2, 0) is 9.47 Å². The van der Waals surface area contributed by atoms with Crippen molar-refractivity contribution < 1.29 is 9.47 Å². The molecule has 1 aliphatic heterocycles. The lowest BCUT2D eigenvalue weighted by atomic mass is 10.0. The highest BCUT2D eigenvalue weighted by atomic mass is 16.7. The van der Waals surface area contributed by atoms with Gasteiger partial charge in [-0.3, -0.25) is 0 Å². The standard InChI is InChI=1S/C14H28O2/c1-3-5-6-7-8-9-11-14(10-4-2)15-12-13-16-14/h3-13H2,1-2H3. The molecule has 0 bridgehead atoms. The SMILES string of the molecule is CCCCCCCCC1(CCC)OCCO1. The number of unbranched alkanes of at least 4 members (excludes halogenated alkanes) is 5. The Morgan fingerprint density at radius 2 is 1.38 bits per heavy atom. The van der Waals surface area contributed by atoms with Gasteiger partial charge in [0.15, 0.2) is 5.79 Å². The Labute approximate surface area is 101 Å². The van der Waals surface area contributed by atoms with E-state index in [4.69, 9.17) is 9.47 Å². The molecule has 0 spiro atoms. The lowest BCUT2D eigenvalue weighted by molar-refractivity contribution is -0.167. The second-order valence-corrected chi connectivity index (χ2v) is 4.88. The summed E-state index contributed by atoms with van der Waals surface area (Å²) in [5.41, 5.74) is 0. The molecule has 0 atom stereocenters. The van der Waals surface area contributed by atoms with E-state index < -0.39 is 0 Å². The highest BCUT2D eigenvalue weighted by molar-refractivity contribution is 4.73. The van der Waals surface area contributed by atoms with Gasteiger partial charge in [-0.25, -0.2) is 0 Å². The van der Waals surface area contributed by atoms with Crippen LogP contribution >= 0.6 is 0 Å². The van der Waals surface area contributed by atoms with E-state index in [1.165, 1.54) is 38.5 Å². The summed E-state index contributed by atoms with van der Waals surface area (Å²) in [6.07, 6.45) is 11.3. The zero-order chi connectivity index (χ0) is 11.7. The molecule has 1 saturated heterocycles. The second-order valence-electron chi connectivity index (χ2n) is 4.88. The average Bonchev–Trinajstić information content (AvgIpc) is 2.73. The van der Waals surface area contributed by atoms with Crippen LogP contribution in [0.2, 0.25) is 0 Å². The quantitative estimate of drug-likeness (QED) is 0.548. The molecule has 0 N–H and O–H groups in total. The van der Waals surface area contributed by atoms with E-state index in [1.54, 1.807) is 0 Å². The second kappa shape index (κ2) is 8.08. The van der Waals surface area contributed by atoms with Crippen molar-refractivity contribution in [1.82, 2.24) is 0 Å². The summed E-state index contributed by atoms with van der Waals surface area (Å²) in [5.74, 6) is -0.209. The van der Waals surface area contributed by atoms with E-state index in [0.717, 1.165) is 32.5 Å². The Bertz CT molecular complexity index is 162. The predicted octanol–water partition coefficient (Wildman–Crippen LogP) is 4.28. The fraction of sp³-hybridized carbons (Fsp3) is 1.00. The van der Waals surface area contributed by atoms with E-state index in [1.807, 2.05) is 0 Å². The maximum Gasteiger partial charge on any atom is 0.168 e. The summed E-state index contributed by atoms with van der Waals surface area (Å²) >= 11 is 0. The van der Waals surface area contributed by atoms with E-state index in [2.05, 4.69) is 13.8 Å². The number of ether oxygens (including phenoxy) is 2. The third-order valence-electron chi connectivity index (χ3n) is 3.36. The smallest absolute Gasteiger partial charge is 0.168 e. The maximum absolute atomic E-state index is 5.79. The topological polar surface area (TPSA) is 18.5 Å². The first-order chi connectivity index (χ1) is 7.83. The fourth-order valence-electron chi connectivity index (χ4n) is 2.47. The molecule has 1 heterocycles. The monoisotopic (exact) mass is 228 g/mol. The van der Waals surface area contributed by atoms with Gasteiger partial charge in [-0.05, 0) is 6.42 Å². The van der Waals surface area contributed by atoms with Crippen LogP contribution < -0.4 is 0 Å². The van der Waals surface area contributed by atoms with Crippen molar-refractivity contribution in [2.75, 3.05) is 13.2 Å². The predicted molar refractivity (Wildman–Crippen MR) is 67.5 cm³/mol. The highest BCUT2D eigenvalue weighted by Crippen LogP contribution is 2.30. The third-order valence-corrected chi connectivity index (χ3v) is 3.36. The molecular formula is C14H28O2. The van der Waals surface area contributed by atoms with Gasteiger partial charge in [0.05, 0.1) is 13.2 Å². The van der Waals surface area contributed by atoms with Gasteiger partial charge in [-0.1, -0.05) is 52.4 Å². The van der Waals surface area contributed by atoms with Gasteiger partial charge in [0.2, 0.25) is 0 Å². The maximum atomic E-state index is 5.79. The molecule has 0 aromatic carbocycles. The van der Waals surface area contributed by atoms with Crippen molar-refractivity contribution in [1.29, 1.82) is 0 Å². The highest BCUT2D eigenvalue weighted by Gasteiger charge is 2.34. The zero-order valence-corrected chi connectivity index (χ0v) is 11.1. The molecule has 2 heteroatoms. The van der Waals surface area contributed by atoms with Gasteiger partial charge in [0.1, 0.15) is 0 Å². The summed E-state index contributed by atoms with van der Waals surface area (Å²) in [5, 5.41) is 0. The molecule has 0 aromatic rings. The van der Waals surface area contributed by atoms with E-state index >= 15 is 0 Å². The van der Waals surface area contributed by atoms with Crippen molar-refractivity contribution >= 4 is 0 Å². The van der Waals surface area contributed by atoms with Gasteiger partial charge in [0, 0.05) is 12.8 Å². The minimum Gasteiger partial charge on any atom is -0.348 e. The van der Waals surface area contributed by atoms with Crippen molar-refractivity contribution in [2.24, 2.45) is 0 Å². The molecular weight excluding hydrogens is 200 g/mol. The van der Waals surface area contributed by atoms with Crippen LogP contribution in [0.3, 0.4) is 0 Å². The first kappa shape index (κ1) is 14.0. The normalized spacial score (nSPS) is 19.1.